The van der Waals surface area contributed by atoms with Crippen LogP contribution in [0.5, 0.6) is 0 Å². The molecule has 0 heterocycles. The average molecular weight is 216 g/mol. The zero-order valence-electron chi connectivity index (χ0n) is 9.79. The lowest BCUT2D eigenvalue weighted by atomic mass is 10.4. The number of rotatable bonds is 5. The Morgan fingerprint density at radius 3 is 2.00 bits per heavy atom. The van der Waals surface area contributed by atoms with Crippen molar-refractivity contribution < 1.29 is 0 Å². The molecule has 0 amide bonds. The van der Waals surface area contributed by atoms with E-state index in [1.807, 2.05) is 0 Å². The van der Waals surface area contributed by atoms with E-state index in [0.29, 0.717) is 0 Å². The van der Waals surface area contributed by atoms with Gasteiger partial charge in [-0.15, -0.1) is 12.0 Å². The zero-order valence-corrected chi connectivity index (χ0v) is 10.8. The maximum atomic E-state index is 5.82. The molecule has 0 spiro atoms. The molecule has 1 heteroatoms. The molecule has 0 aliphatic carbocycles. The molecule has 0 aromatic heterocycles. The Morgan fingerprint density at radius 2 is 1.60 bits per heavy atom. The normalized spacial score (nSPS) is 11.0. The molecular weight excluding hydrogens is 196 g/mol. The molecule has 15 heavy (non-hydrogen) atoms. The van der Waals surface area contributed by atoms with Crippen LogP contribution in [0.25, 0.3) is 0 Å². The quantitative estimate of drug-likeness (QED) is 0.523. The van der Waals surface area contributed by atoms with Crippen molar-refractivity contribution in [2.45, 2.75) is 38.8 Å². The SMILES string of the molecule is C#C[Si](CCC)(CCC)c1ccccc1. The van der Waals surface area contributed by atoms with Gasteiger partial charge in [0.2, 0.25) is 0 Å². The Labute approximate surface area is 94.7 Å². The van der Waals surface area contributed by atoms with Gasteiger partial charge in [-0.05, 0) is 17.3 Å². The molecule has 80 valence electrons. The van der Waals surface area contributed by atoms with E-state index in [9.17, 15) is 0 Å². The highest BCUT2D eigenvalue weighted by Crippen LogP contribution is 2.18. The molecule has 1 rings (SSSR count). The van der Waals surface area contributed by atoms with Crippen molar-refractivity contribution in [3.63, 3.8) is 0 Å². The molecule has 0 aliphatic heterocycles. The second-order valence-electron chi connectivity index (χ2n) is 4.09. The van der Waals surface area contributed by atoms with Crippen LogP contribution in [-0.2, 0) is 0 Å². The third-order valence-corrected chi connectivity index (χ3v) is 7.65. The lowest BCUT2D eigenvalue weighted by molar-refractivity contribution is 0.999. The highest BCUT2D eigenvalue weighted by atomic mass is 28.3. The molecule has 1 aromatic carbocycles. The van der Waals surface area contributed by atoms with Crippen molar-refractivity contribution in [3.8, 4) is 12.0 Å². The Bertz CT molecular complexity index is 315. The van der Waals surface area contributed by atoms with E-state index < -0.39 is 8.07 Å². The van der Waals surface area contributed by atoms with Gasteiger partial charge in [0.1, 0.15) is 0 Å². The maximum Gasteiger partial charge on any atom is 0.168 e. The van der Waals surface area contributed by atoms with Crippen LogP contribution in [0.1, 0.15) is 26.7 Å². The largest absolute Gasteiger partial charge is 0.168 e. The van der Waals surface area contributed by atoms with Gasteiger partial charge in [0, 0.05) is 0 Å². The number of hydrogen-bond donors (Lipinski definition) is 0. The van der Waals surface area contributed by atoms with E-state index in [2.05, 4.69) is 49.7 Å². The van der Waals surface area contributed by atoms with Crippen molar-refractivity contribution in [1.29, 1.82) is 0 Å². The lowest BCUT2D eigenvalue weighted by Gasteiger charge is -2.25. The number of benzene rings is 1. The smallest absolute Gasteiger partial charge is 0.129 e. The first kappa shape index (κ1) is 12.1. The van der Waals surface area contributed by atoms with Gasteiger partial charge in [0.05, 0.1) is 0 Å². The van der Waals surface area contributed by atoms with Crippen molar-refractivity contribution in [2.75, 3.05) is 0 Å². The number of hydrogen-bond acceptors (Lipinski definition) is 0. The van der Waals surface area contributed by atoms with E-state index in [-0.39, 0.29) is 0 Å². The van der Waals surface area contributed by atoms with Crippen LogP contribution < -0.4 is 5.19 Å². The molecule has 0 saturated carbocycles. The van der Waals surface area contributed by atoms with E-state index in [0.717, 1.165) is 0 Å². The summed E-state index contributed by atoms with van der Waals surface area (Å²) in [6, 6.07) is 13.2. The molecule has 0 N–H and O–H groups in total. The fourth-order valence-electron chi connectivity index (χ4n) is 2.25. The van der Waals surface area contributed by atoms with Crippen LogP contribution in [0.3, 0.4) is 0 Å². The number of terminal acetylenes is 1. The second-order valence-corrected chi connectivity index (χ2v) is 8.12. The van der Waals surface area contributed by atoms with E-state index in [4.69, 9.17) is 6.42 Å². The topological polar surface area (TPSA) is 0 Å². The minimum atomic E-state index is -1.62. The van der Waals surface area contributed by atoms with Crippen LogP contribution >= 0.6 is 0 Å². The predicted octanol–water partition coefficient (Wildman–Crippen LogP) is 3.33. The van der Waals surface area contributed by atoms with Crippen molar-refractivity contribution >= 4 is 13.3 Å². The standard InChI is InChI=1S/C14H20Si/c1-4-12-15(6-3,13-5-2)14-10-8-7-9-11-14/h3,7-11H,4-5,12-13H2,1-2H3. The molecular formula is C14H20Si. The minimum absolute atomic E-state index is 1.20. The molecule has 0 nitrogen and oxygen atoms in total. The average Bonchev–Trinajstić information content (AvgIpc) is 2.30. The highest BCUT2D eigenvalue weighted by molar-refractivity contribution is 6.98. The molecule has 0 atom stereocenters. The first-order valence-electron chi connectivity index (χ1n) is 5.82. The van der Waals surface area contributed by atoms with Gasteiger partial charge >= 0.3 is 0 Å². The van der Waals surface area contributed by atoms with Crippen molar-refractivity contribution in [2.24, 2.45) is 0 Å². The Kier molecular flexibility index (Phi) is 4.65. The van der Waals surface area contributed by atoms with Gasteiger partial charge < -0.3 is 0 Å². The van der Waals surface area contributed by atoms with Gasteiger partial charge in [0.25, 0.3) is 0 Å². The molecule has 0 fully saturated rings. The minimum Gasteiger partial charge on any atom is -0.129 e. The summed E-state index contributed by atoms with van der Waals surface area (Å²) in [7, 11) is -1.62. The summed E-state index contributed by atoms with van der Waals surface area (Å²) in [5, 5.41) is 1.44. The fraction of sp³-hybridized carbons (Fsp3) is 0.429. The maximum absolute atomic E-state index is 5.82. The fourth-order valence-corrected chi connectivity index (χ4v) is 6.07. The van der Waals surface area contributed by atoms with Crippen molar-refractivity contribution in [3.05, 3.63) is 30.3 Å². The van der Waals surface area contributed by atoms with Gasteiger partial charge in [-0.25, -0.2) is 0 Å². The van der Waals surface area contributed by atoms with Gasteiger partial charge in [-0.2, -0.15) is 0 Å². The zero-order chi connectivity index (χ0) is 11.1. The molecule has 0 saturated heterocycles. The van der Waals surface area contributed by atoms with Crippen LogP contribution in [0, 0.1) is 12.0 Å². The third kappa shape index (κ3) is 2.73. The summed E-state index contributed by atoms with van der Waals surface area (Å²) < 4.78 is 0. The Balaban J connectivity index is 3.05. The summed E-state index contributed by atoms with van der Waals surface area (Å²) in [4.78, 5) is 0. The third-order valence-electron chi connectivity index (χ3n) is 2.96. The summed E-state index contributed by atoms with van der Waals surface area (Å²) in [5.41, 5.74) is 3.17. The molecule has 0 bridgehead atoms. The summed E-state index contributed by atoms with van der Waals surface area (Å²) in [5.74, 6) is 0. The Morgan fingerprint density at radius 1 is 1.07 bits per heavy atom. The van der Waals surface area contributed by atoms with Gasteiger partial charge in [0.15, 0.2) is 8.07 Å². The lowest BCUT2D eigenvalue weighted by Crippen LogP contribution is -2.46. The Hall–Kier alpha value is -1.00. The van der Waals surface area contributed by atoms with Crippen LogP contribution in [-0.4, -0.2) is 8.07 Å². The second kappa shape index (κ2) is 5.78. The van der Waals surface area contributed by atoms with Gasteiger partial charge in [-0.3, -0.25) is 0 Å². The highest BCUT2D eigenvalue weighted by Gasteiger charge is 2.30. The summed E-state index contributed by atoms with van der Waals surface area (Å²) >= 11 is 0. The predicted molar refractivity (Wildman–Crippen MR) is 70.9 cm³/mol. The molecule has 1 aromatic rings. The summed E-state index contributed by atoms with van der Waals surface area (Å²) in [6.07, 6.45) is 8.22. The first-order chi connectivity index (χ1) is 7.29. The van der Waals surface area contributed by atoms with E-state index >= 15 is 0 Å². The monoisotopic (exact) mass is 216 g/mol. The molecule has 0 unspecified atom stereocenters. The summed E-state index contributed by atoms with van der Waals surface area (Å²) in [6.45, 7) is 4.47. The van der Waals surface area contributed by atoms with Crippen LogP contribution in [0.2, 0.25) is 12.1 Å². The molecule has 0 aliphatic rings. The van der Waals surface area contributed by atoms with Crippen LogP contribution in [0.15, 0.2) is 30.3 Å². The van der Waals surface area contributed by atoms with Crippen LogP contribution in [0.4, 0.5) is 0 Å². The van der Waals surface area contributed by atoms with E-state index in [1.54, 1.807) is 0 Å². The van der Waals surface area contributed by atoms with Gasteiger partial charge in [-0.1, -0.05) is 57.0 Å². The molecule has 0 radical (unpaired) electrons. The van der Waals surface area contributed by atoms with Crippen molar-refractivity contribution in [1.82, 2.24) is 0 Å². The van der Waals surface area contributed by atoms with E-state index in [1.165, 1.54) is 30.1 Å². The first-order valence-corrected chi connectivity index (χ1v) is 8.23.